The molecule has 5 nitrogen and oxygen atoms in total. The van der Waals surface area contributed by atoms with Crippen molar-refractivity contribution >= 4 is 11.7 Å². The molecule has 8 heteroatoms. The Morgan fingerprint density at radius 2 is 2.24 bits per heavy atom. The van der Waals surface area contributed by atoms with Gasteiger partial charge < -0.3 is 10.1 Å². The van der Waals surface area contributed by atoms with Gasteiger partial charge in [0.2, 0.25) is 0 Å². The second-order valence-electron chi connectivity index (χ2n) is 3.15. The quantitative estimate of drug-likeness (QED) is 0.875. The average Bonchev–Trinajstić information content (AvgIpc) is 2.26. The molecule has 1 rings (SSSR count). The standard InChI is InChI=1S/C9H10F3N3O2/c1-6(17-5-9(10,11)12)8(16)15-7-4-13-2-3-14-7/h2-4,6H,5H2,1H3,(H,14,15,16). The molecule has 0 radical (unpaired) electrons. The van der Waals surface area contributed by atoms with Crippen molar-refractivity contribution in [1.29, 1.82) is 0 Å². The van der Waals surface area contributed by atoms with E-state index in [1.807, 2.05) is 0 Å². The van der Waals surface area contributed by atoms with E-state index in [1.54, 1.807) is 0 Å². The molecule has 1 atom stereocenters. The lowest BCUT2D eigenvalue weighted by molar-refractivity contribution is -0.184. The van der Waals surface area contributed by atoms with Crippen LogP contribution in [0.1, 0.15) is 6.92 Å². The Morgan fingerprint density at radius 1 is 1.53 bits per heavy atom. The number of carbonyl (C=O) groups is 1. The summed E-state index contributed by atoms with van der Waals surface area (Å²) in [5, 5.41) is 2.27. The molecule has 0 spiro atoms. The molecule has 0 saturated heterocycles. The molecule has 1 unspecified atom stereocenters. The lowest BCUT2D eigenvalue weighted by Gasteiger charge is -2.14. The summed E-state index contributed by atoms with van der Waals surface area (Å²) in [6.07, 6.45) is -1.66. The highest BCUT2D eigenvalue weighted by atomic mass is 19.4. The number of rotatable bonds is 4. The summed E-state index contributed by atoms with van der Waals surface area (Å²) in [4.78, 5) is 18.8. The minimum atomic E-state index is -4.46. The van der Waals surface area contributed by atoms with E-state index in [1.165, 1.54) is 25.5 Å². The van der Waals surface area contributed by atoms with Gasteiger partial charge in [-0.15, -0.1) is 0 Å². The monoisotopic (exact) mass is 249 g/mol. The second kappa shape index (κ2) is 5.58. The van der Waals surface area contributed by atoms with Crippen LogP contribution in [0, 0.1) is 0 Å². The number of halogens is 3. The number of nitrogens with zero attached hydrogens (tertiary/aromatic N) is 2. The number of ether oxygens (including phenoxy) is 1. The third-order valence-corrected chi connectivity index (χ3v) is 1.68. The van der Waals surface area contributed by atoms with Crippen molar-refractivity contribution in [2.45, 2.75) is 19.2 Å². The van der Waals surface area contributed by atoms with Crippen molar-refractivity contribution in [3.05, 3.63) is 18.6 Å². The summed E-state index contributed by atoms with van der Waals surface area (Å²) in [6, 6.07) is 0. The Balaban J connectivity index is 2.43. The minimum Gasteiger partial charge on any atom is -0.359 e. The molecule has 17 heavy (non-hydrogen) atoms. The highest BCUT2D eigenvalue weighted by Crippen LogP contribution is 2.15. The molecule has 1 aromatic rings. The zero-order chi connectivity index (χ0) is 12.9. The van der Waals surface area contributed by atoms with Crippen molar-refractivity contribution in [2.75, 3.05) is 11.9 Å². The van der Waals surface area contributed by atoms with Gasteiger partial charge in [-0.1, -0.05) is 0 Å². The van der Waals surface area contributed by atoms with Crippen LogP contribution in [0.5, 0.6) is 0 Å². The van der Waals surface area contributed by atoms with Crippen LogP contribution in [0.2, 0.25) is 0 Å². The molecule has 0 fully saturated rings. The lowest BCUT2D eigenvalue weighted by Crippen LogP contribution is -2.31. The van der Waals surface area contributed by atoms with Crippen molar-refractivity contribution < 1.29 is 22.7 Å². The number of alkyl halides is 3. The summed E-state index contributed by atoms with van der Waals surface area (Å²) in [6.45, 7) is -0.250. The molecule has 0 aliphatic heterocycles. The molecule has 94 valence electrons. The molecule has 0 bridgehead atoms. The highest BCUT2D eigenvalue weighted by Gasteiger charge is 2.29. The van der Waals surface area contributed by atoms with E-state index >= 15 is 0 Å². The normalized spacial score (nSPS) is 13.2. The SMILES string of the molecule is CC(OCC(F)(F)F)C(=O)Nc1cnccn1. The first kappa shape index (κ1) is 13.4. The van der Waals surface area contributed by atoms with Crippen LogP contribution in [0.4, 0.5) is 19.0 Å². The zero-order valence-corrected chi connectivity index (χ0v) is 8.86. The Kier molecular flexibility index (Phi) is 4.38. The Bertz CT molecular complexity index is 369. The molecular weight excluding hydrogens is 239 g/mol. The zero-order valence-electron chi connectivity index (χ0n) is 8.86. The number of amides is 1. The van der Waals surface area contributed by atoms with E-state index in [0.717, 1.165) is 0 Å². The number of aromatic nitrogens is 2. The van der Waals surface area contributed by atoms with E-state index in [9.17, 15) is 18.0 Å². The molecule has 0 aliphatic rings. The summed E-state index contributed by atoms with van der Waals surface area (Å²) < 4.78 is 39.8. The van der Waals surface area contributed by atoms with Crippen LogP contribution in [-0.2, 0) is 9.53 Å². The Labute approximate surface area is 95.0 Å². The Hall–Kier alpha value is -1.70. The van der Waals surface area contributed by atoms with Gasteiger partial charge in [-0.05, 0) is 6.92 Å². The maximum Gasteiger partial charge on any atom is 0.411 e. The first-order valence-corrected chi connectivity index (χ1v) is 4.64. The van der Waals surface area contributed by atoms with E-state index in [-0.39, 0.29) is 5.82 Å². The van der Waals surface area contributed by atoms with Gasteiger partial charge in [-0.25, -0.2) is 4.98 Å². The maximum absolute atomic E-state index is 11.8. The van der Waals surface area contributed by atoms with Gasteiger partial charge >= 0.3 is 6.18 Å². The first-order chi connectivity index (χ1) is 7.88. The van der Waals surface area contributed by atoms with Crippen LogP contribution in [0.15, 0.2) is 18.6 Å². The number of carbonyl (C=O) groups excluding carboxylic acids is 1. The van der Waals surface area contributed by atoms with Crippen LogP contribution in [0.3, 0.4) is 0 Å². The molecule has 1 N–H and O–H groups in total. The molecule has 1 amide bonds. The van der Waals surface area contributed by atoms with Crippen molar-refractivity contribution in [2.24, 2.45) is 0 Å². The number of hydrogen-bond donors (Lipinski definition) is 1. The summed E-state index contributed by atoms with van der Waals surface area (Å²) in [5.74, 6) is -0.560. The number of nitrogens with one attached hydrogen (secondary N) is 1. The Morgan fingerprint density at radius 3 is 2.76 bits per heavy atom. The molecule has 0 aliphatic carbocycles. The van der Waals surface area contributed by atoms with Gasteiger partial charge in [0.25, 0.3) is 5.91 Å². The van der Waals surface area contributed by atoms with Gasteiger partial charge in [0.1, 0.15) is 12.7 Å². The molecule has 0 saturated carbocycles. The van der Waals surface area contributed by atoms with E-state index < -0.39 is 24.8 Å². The lowest BCUT2D eigenvalue weighted by atomic mass is 10.4. The van der Waals surface area contributed by atoms with Gasteiger partial charge in [0, 0.05) is 12.4 Å². The summed E-state index contributed by atoms with van der Waals surface area (Å²) >= 11 is 0. The van der Waals surface area contributed by atoms with Crippen LogP contribution < -0.4 is 5.32 Å². The van der Waals surface area contributed by atoms with Crippen molar-refractivity contribution in [3.8, 4) is 0 Å². The molecule has 1 heterocycles. The second-order valence-corrected chi connectivity index (χ2v) is 3.15. The first-order valence-electron chi connectivity index (χ1n) is 4.64. The third-order valence-electron chi connectivity index (χ3n) is 1.68. The fraction of sp³-hybridized carbons (Fsp3) is 0.444. The topological polar surface area (TPSA) is 64.1 Å². The van der Waals surface area contributed by atoms with Crippen LogP contribution in [0.25, 0.3) is 0 Å². The van der Waals surface area contributed by atoms with E-state index in [2.05, 4.69) is 20.0 Å². The minimum absolute atomic E-state index is 0.153. The average molecular weight is 249 g/mol. The fourth-order valence-electron chi connectivity index (χ4n) is 0.887. The number of anilines is 1. The highest BCUT2D eigenvalue weighted by molar-refractivity contribution is 5.92. The summed E-state index contributed by atoms with van der Waals surface area (Å²) in [5.41, 5.74) is 0. The molecule has 0 aromatic carbocycles. The van der Waals surface area contributed by atoms with Gasteiger partial charge in [0.05, 0.1) is 6.20 Å². The predicted molar refractivity (Wildman–Crippen MR) is 52.1 cm³/mol. The van der Waals surface area contributed by atoms with Crippen molar-refractivity contribution in [3.63, 3.8) is 0 Å². The largest absolute Gasteiger partial charge is 0.411 e. The van der Waals surface area contributed by atoms with Crippen molar-refractivity contribution in [1.82, 2.24) is 9.97 Å². The molecule has 1 aromatic heterocycles. The summed E-state index contributed by atoms with van der Waals surface area (Å²) in [7, 11) is 0. The van der Waals surface area contributed by atoms with Gasteiger partial charge in [0.15, 0.2) is 5.82 Å². The fourth-order valence-corrected chi connectivity index (χ4v) is 0.887. The van der Waals surface area contributed by atoms with Crippen LogP contribution in [-0.4, -0.2) is 34.8 Å². The van der Waals surface area contributed by atoms with Crippen LogP contribution >= 0.6 is 0 Å². The number of hydrogen-bond acceptors (Lipinski definition) is 4. The van der Waals surface area contributed by atoms with Gasteiger partial charge in [-0.3, -0.25) is 9.78 Å². The van der Waals surface area contributed by atoms with Gasteiger partial charge in [-0.2, -0.15) is 13.2 Å². The third kappa shape index (κ3) is 5.25. The van der Waals surface area contributed by atoms with E-state index in [0.29, 0.717) is 0 Å². The molecular formula is C9H10F3N3O2. The predicted octanol–water partition coefficient (Wildman–Crippen LogP) is 1.38. The van der Waals surface area contributed by atoms with E-state index in [4.69, 9.17) is 0 Å². The maximum atomic E-state index is 11.8. The smallest absolute Gasteiger partial charge is 0.359 e.